The van der Waals surface area contributed by atoms with Crippen molar-refractivity contribution in [3.8, 4) is 5.75 Å². The van der Waals surface area contributed by atoms with E-state index in [1.54, 1.807) is 7.11 Å². The van der Waals surface area contributed by atoms with Crippen molar-refractivity contribution < 1.29 is 4.74 Å². The van der Waals surface area contributed by atoms with Crippen molar-refractivity contribution in [2.45, 2.75) is 58.8 Å². The van der Waals surface area contributed by atoms with Gasteiger partial charge in [0.1, 0.15) is 5.75 Å². The van der Waals surface area contributed by atoms with Crippen LogP contribution in [-0.4, -0.2) is 13.7 Å². The number of methoxy groups -OCH3 is 1. The number of aryl methyl sites for hydroxylation is 1. The molecule has 0 radical (unpaired) electrons. The Hall–Kier alpha value is -1.02. The van der Waals surface area contributed by atoms with Crippen molar-refractivity contribution in [2.24, 2.45) is 5.73 Å². The number of hydrogen-bond donors (Lipinski definition) is 1. The molecule has 2 N–H and O–H groups in total. The van der Waals surface area contributed by atoms with Gasteiger partial charge in [0.15, 0.2) is 0 Å². The van der Waals surface area contributed by atoms with Gasteiger partial charge >= 0.3 is 0 Å². The molecule has 108 valence electrons. The second-order valence-electron chi connectivity index (χ2n) is 6.34. The summed E-state index contributed by atoms with van der Waals surface area (Å²) in [6, 6.07) is 4.51. The molecule has 19 heavy (non-hydrogen) atoms. The zero-order chi connectivity index (χ0) is 14.6. The number of ether oxygens (including phenoxy) is 1. The minimum Gasteiger partial charge on any atom is -0.496 e. The lowest BCUT2D eigenvalue weighted by Gasteiger charge is -2.26. The normalized spacial score (nSPS) is 13.4. The second kappa shape index (κ2) is 6.42. The van der Waals surface area contributed by atoms with Crippen LogP contribution in [0, 0.1) is 6.92 Å². The molecule has 1 rings (SSSR count). The highest BCUT2D eigenvalue weighted by atomic mass is 16.5. The Labute approximate surface area is 118 Å². The van der Waals surface area contributed by atoms with Crippen LogP contribution in [0.25, 0.3) is 0 Å². The van der Waals surface area contributed by atoms with Gasteiger partial charge in [0.25, 0.3) is 0 Å². The van der Waals surface area contributed by atoms with Crippen molar-refractivity contribution >= 4 is 0 Å². The molecule has 1 aromatic carbocycles. The van der Waals surface area contributed by atoms with Gasteiger partial charge in [-0.3, -0.25) is 0 Å². The van der Waals surface area contributed by atoms with Gasteiger partial charge < -0.3 is 10.5 Å². The Morgan fingerprint density at radius 1 is 1.26 bits per heavy atom. The molecule has 2 heteroatoms. The number of rotatable bonds is 5. The highest BCUT2D eigenvalue weighted by Gasteiger charge is 2.22. The lowest BCUT2D eigenvalue weighted by atomic mass is 9.81. The van der Waals surface area contributed by atoms with Crippen LogP contribution in [0.4, 0.5) is 0 Å². The third-order valence-electron chi connectivity index (χ3n) is 3.84. The molecule has 0 spiro atoms. The number of nitrogens with two attached hydrogens (primary N) is 1. The third-order valence-corrected chi connectivity index (χ3v) is 3.84. The van der Waals surface area contributed by atoms with Gasteiger partial charge in [0.05, 0.1) is 7.11 Å². The summed E-state index contributed by atoms with van der Waals surface area (Å²) >= 11 is 0. The molecule has 2 nitrogen and oxygen atoms in total. The van der Waals surface area contributed by atoms with E-state index in [0.29, 0.717) is 5.92 Å². The summed E-state index contributed by atoms with van der Waals surface area (Å²) in [6.45, 7) is 11.8. The third kappa shape index (κ3) is 3.73. The standard InChI is InChI=1S/C17H29NO/c1-7-13(8-9-18)14-11-15(17(3,4)5)16(19-6)10-12(14)2/h10-11,13H,7-9,18H2,1-6H3. The van der Waals surface area contributed by atoms with E-state index >= 15 is 0 Å². The average Bonchev–Trinajstić information content (AvgIpc) is 2.34. The predicted molar refractivity (Wildman–Crippen MR) is 83.1 cm³/mol. The molecule has 0 bridgehead atoms. The zero-order valence-corrected chi connectivity index (χ0v) is 13.3. The summed E-state index contributed by atoms with van der Waals surface area (Å²) in [6.07, 6.45) is 2.18. The molecule has 0 fully saturated rings. The SMILES string of the molecule is CCC(CCN)c1cc(C(C)(C)C)c(OC)cc1C. The zero-order valence-electron chi connectivity index (χ0n) is 13.3. The lowest BCUT2D eigenvalue weighted by Crippen LogP contribution is -2.15. The van der Waals surface area contributed by atoms with Gasteiger partial charge in [-0.25, -0.2) is 0 Å². The Morgan fingerprint density at radius 3 is 2.32 bits per heavy atom. The van der Waals surface area contributed by atoms with Crippen molar-refractivity contribution in [1.82, 2.24) is 0 Å². The maximum absolute atomic E-state index is 5.75. The molecule has 0 amide bonds. The molecular weight excluding hydrogens is 234 g/mol. The Bertz CT molecular complexity index is 418. The average molecular weight is 263 g/mol. The first-order valence-electron chi connectivity index (χ1n) is 7.24. The number of benzene rings is 1. The van der Waals surface area contributed by atoms with Gasteiger partial charge in [-0.1, -0.05) is 33.8 Å². The highest BCUT2D eigenvalue weighted by Crippen LogP contribution is 2.37. The van der Waals surface area contributed by atoms with Gasteiger partial charge in [0.2, 0.25) is 0 Å². The Kier molecular flexibility index (Phi) is 5.42. The highest BCUT2D eigenvalue weighted by molar-refractivity contribution is 5.46. The van der Waals surface area contributed by atoms with Crippen LogP contribution in [0.2, 0.25) is 0 Å². The molecule has 0 heterocycles. The predicted octanol–water partition coefficient (Wildman–Crippen LogP) is 4.14. The largest absolute Gasteiger partial charge is 0.496 e. The molecular formula is C17H29NO. The summed E-state index contributed by atoms with van der Waals surface area (Å²) in [5, 5.41) is 0. The van der Waals surface area contributed by atoms with Crippen molar-refractivity contribution in [3.05, 3.63) is 28.8 Å². The van der Waals surface area contributed by atoms with Crippen LogP contribution in [0.5, 0.6) is 5.75 Å². The van der Waals surface area contributed by atoms with Crippen LogP contribution in [0.1, 0.15) is 63.1 Å². The van der Waals surface area contributed by atoms with Gasteiger partial charge in [-0.05, 0) is 60.4 Å². The van der Waals surface area contributed by atoms with Crippen molar-refractivity contribution in [3.63, 3.8) is 0 Å². The topological polar surface area (TPSA) is 35.2 Å². The van der Waals surface area contributed by atoms with Gasteiger partial charge in [-0.2, -0.15) is 0 Å². The molecule has 1 unspecified atom stereocenters. The van der Waals surface area contributed by atoms with E-state index < -0.39 is 0 Å². The lowest BCUT2D eigenvalue weighted by molar-refractivity contribution is 0.396. The molecule has 1 atom stereocenters. The minimum absolute atomic E-state index is 0.0921. The van der Waals surface area contributed by atoms with E-state index in [4.69, 9.17) is 10.5 Å². The first kappa shape index (κ1) is 16.0. The van der Waals surface area contributed by atoms with E-state index in [2.05, 4.69) is 46.8 Å². The molecule has 0 saturated heterocycles. The summed E-state index contributed by atoms with van der Waals surface area (Å²) in [5.41, 5.74) is 9.86. The Morgan fingerprint density at radius 2 is 1.89 bits per heavy atom. The maximum atomic E-state index is 5.75. The van der Waals surface area contributed by atoms with Crippen LogP contribution < -0.4 is 10.5 Å². The first-order chi connectivity index (χ1) is 8.85. The minimum atomic E-state index is 0.0921. The summed E-state index contributed by atoms with van der Waals surface area (Å²) < 4.78 is 5.56. The van der Waals surface area contributed by atoms with Gasteiger partial charge in [-0.15, -0.1) is 0 Å². The molecule has 0 saturated carbocycles. The number of hydrogen-bond acceptors (Lipinski definition) is 2. The molecule has 1 aromatic rings. The smallest absolute Gasteiger partial charge is 0.122 e. The molecule has 0 aliphatic rings. The van der Waals surface area contributed by atoms with E-state index in [0.717, 1.165) is 25.1 Å². The van der Waals surface area contributed by atoms with Crippen LogP contribution >= 0.6 is 0 Å². The van der Waals surface area contributed by atoms with E-state index in [1.165, 1.54) is 16.7 Å². The van der Waals surface area contributed by atoms with E-state index in [-0.39, 0.29) is 5.41 Å². The first-order valence-corrected chi connectivity index (χ1v) is 7.24. The fraction of sp³-hybridized carbons (Fsp3) is 0.647. The summed E-state index contributed by atoms with van der Waals surface area (Å²) in [4.78, 5) is 0. The molecule has 0 aromatic heterocycles. The monoisotopic (exact) mass is 263 g/mol. The van der Waals surface area contributed by atoms with E-state index in [1.807, 2.05) is 0 Å². The maximum Gasteiger partial charge on any atom is 0.122 e. The summed E-state index contributed by atoms with van der Waals surface area (Å²) in [7, 11) is 1.75. The van der Waals surface area contributed by atoms with Crippen molar-refractivity contribution in [2.75, 3.05) is 13.7 Å². The second-order valence-corrected chi connectivity index (χ2v) is 6.34. The molecule has 0 aliphatic heterocycles. The quantitative estimate of drug-likeness (QED) is 0.866. The molecule has 0 aliphatic carbocycles. The van der Waals surface area contributed by atoms with Gasteiger partial charge in [0, 0.05) is 0 Å². The summed E-state index contributed by atoms with van der Waals surface area (Å²) in [5.74, 6) is 1.55. The van der Waals surface area contributed by atoms with Crippen molar-refractivity contribution in [1.29, 1.82) is 0 Å². The Balaban J connectivity index is 3.34. The fourth-order valence-electron chi connectivity index (χ4n) is 2.67. The van der Waals surface area contributed by atoms with Crippen LogP contribution in [0.3, 0.4) is 0 Å². The fourth-order valence-corrected chi connectivity index (χ4v) is 2.67. The van der Waals surface area contributed by atoms with Crippen LogP contribution in [0.15, 0.2) is 12.1 Å². The van der Waals surface area contributed by atoms with Crippen LogP contribution in [-0.2, 0) is 5.41 Å². The van der Waals surface area contributed by atoms with E-state index in [9.17, 15) is 0 Å².